The van der Waals surface area contributed by atoms with E-state index in [9.17, 15) is 14.7 Å². The van der Waals surface area contributed by atoms with Crippen LogP contribution in [0.15, 0.2) is 49.6 Å². The predicted molar refractivity (Wildman–Crippen MR) is 93.9 cm³/mol. The standard InChI is InChI=1S/C19H25NO4/c1-5-8-14(9-6-2)18(23)20-19(3,13-17(21)22)15-10-7-11-16(12-15)24-4/h5-7,10-12,14H,1-2,8-9,13H2,3-4H3,(H,20,23)(H,21,22). The molecule has 0 bridgehead atoms. The molecule has 0 saturated carbocycles. The maximum atomic E-state index is 12.6. The lowest BCUT2D eigenvalue weighted by Crippen LogP contribution is -2.47. The van der Waals surface area contributed by atoms with E-state index in [1.807, 2.05) is 0 Å². The maximum absolute atomic E-state index is 12.6. The van der Waals surface area contributed by atoms with Gasteiger partial charge < -0.3 is 15.2 Å². The zero-order valence-corrected chi connectivity index (χ0v) is 14.2. The summed E-state index contributed by atoms with van der Waals surface area (Å²) in [5, 5.41) is 12.2. The second-order valence-corrected chi connectivity index (χ2v) is 5.87. The number of aliphatic carboxylic acids is 1. The van der Waals surface area contributed by atoms with Crippen molar-refractivity contribution in [2.75, 3.05) is 7.11 Å². The highest BCUT2D eigenvalue weighted by Crippen LogP contribution is 2.29. The molecule has 24 heavy (non-hydrogen) atoms. The van der Waals surface area contributed by atoms with Crippen LogP contribution in [0, 0.1) is 5.92 Å². The molecule has 1 aromatic carbocycles. The second-order valence-electron chi connectivity index (χ2n) is 5.87. The molecule has 0 aliphatic rings. The Labute approximate surface area is 143 Å². The lowest BCUT2D eigenvalue weighted by Gasteiger charge is -2.32. The van der Waals surface area contributed by atoms with Crippen molar-refractivity contribution in [2.24, 2.45) is 5.92 Å². The van der Waals surface area contributed by atoms with Crippen LogP contribution in [-0.4, -0.2) is 24.1 Å². The quantitative estimate of drug-likeness (QED) is 0.645. The zero-order valence-electron chi connectivity index (χ0n) is 14.2. The largest absolute Gasteiger partial charge is 0.497 e. The number of carboxylic acid groups (broad SMARTS) is 1. The first-order chi connectivity index (χ1) is 11.4. The third kappa shape index (κ3) is 5.26. The summed E-state index contributed by atoms with van der Waals surface area (Å²) in [7, 11) is 1.54. The molecule has 1 rings (SSSR count). The molecule has 0 saturated heterocycles. The summed E-state index contributed by atoms with van der Waals surface area (Å²) in [6.45, 7) is 9.03. The fraction of sp³-hybridized carbons (Fsp3) is 0.368. The number of hydrogen-bond donors (Lipinski definition) is 2. The van der Waals surface area contributed by atoms with Crippen molar-refractivity contribution < 1.29 is 19.4 Å². The van der Waals surface area contributed by atoms with Crippen LogP contribution >= 0.6 is 0 Å². The van der Waals surface area contributed by atoms with Crippen LogP contribution in [0.25, 0.3) is 0 Å². The van der Waals surface area contributed by atoms with E-state index < -0.39 is 11.5 Å². The molecule has 0 aromatic heterocycles. The molecule has 1 amide bonds. The Kier molecular flexibility index (Phi) is 7.24. The lowest BCUT2D eigenvalue weighted by atomic mass is 9.87. The van der Waals surface area contributed by atoms with Crippen molar-refractivity contribution in [1.82, 2.24) is 5.32 Å². The van der Waals surface area contributed by atoms with Gasteiger partial charge in [0.2, 0.25) is 5.91 Å². The molecule has 0 radical (unpaired) electrons. The topological polar surface area (TPSA) is 75.6 Å². The fourth-order valence-corrected chi connectivity index (χ4v) is 2.57. The zero-order chi connectivity index (χ0) is 18.2. The van der Waals surface area contributed by atoms with Crippen molar-refractivity contribution in [2.45, 2.75) is 31.7 Å². The number of carboxylic acids is 1. The number of hydrogen-bond acceptors (Lipinski definition) is 3. The molecule has 1 atom stereocenters. The van der Waals surface area contributed by atoms with Crippen LogP contribution in [0.3, 0.4) is 0 Å². The number of nitrogens with one attached hydrogen (secondary N) is 1. The van der Waals surface area contributed by atoms with E-state index in [1.54, 1.807) is 43.3 Å². The number of methoxy groups -OCH3 is 1. The van der Waals surface area contributed by atoms with Crippen LogP contribution in [0.2, 0.25) is 0 Å². The van der Waals surface area contributed by atoms with Crippen molar-refractivity contribution >= 4 is 11.9 Å². The highest BCUT2D eigenvalue weighted by Gasteiger charge is 2.33. The molecule has 0 aliphatic heterocycles. The van der Waals surface area contributed by atoms with Crippen molar-refractivity contribution in [3.05, 3.63) is 55.1 Å². The van der Waals surface area contributed by atoms with E-state index in [4.69, 9.17) is 4.74 Å². The molecular formula is C19H25NO4. The van der Waals surface area contributed by atoms with Crippen LogP contribution in [0.4, 0.5) is 0 Å². The van der Waals surface area contributed by atoms with E-state index in [-0.39, 0.29) is 18.2 Å². The summed E-state index contributed by atoms with van der Waals surface area (Å²) < 4.78 is 5.20. The number of rotatable bonds is 10. The van der Waals surface area contributed by atoms with E-state index in [0.717, 1.165) is 0 Å². The predicted octanol–water partition coefficient (Wildman–Crippen LogP) is 3.27. The maximum Gasteiger partial charge on any atom is 0.306 e. The summed E-state index contributed by atoms with van der Waals surface area (Å²) in [4.78, 5) is 23.9. The van der Waals surface area contributed by atoms with Gasteiger partial charge in [0.1, 0.15) is 5.75 Å². The molecule has 0 aliphatic carbocycles. The molecule has 5 nitrogen and oxygen atoms in total. The van der Waals surface area contributed by atoms with Crippen molar-refractivity contribution in [1.29, 1.82) is 0 Å². The number of carbonyl (C=O) groups excluding carboxylic acids is 1. The van der Waals surface area contributed by atoms with Crippen LogP contribution in [0.5, 0.6) is 5.75 Å². The Hall–Kier alpha value is -2.56. The van der Waals surface area contributed by atoms with E-state index in [2.05, 4.69) is 18.5 Å². The second kappa shape index (κ2) is 8.91. The van der Waals surface area contributed by atoms with Gasteiger partial charge in [0.15, 0.2) is 0 Å². The van der Waals surface area contributed by atoms with E-state index in [0.29, 0.717) is 24.2 Å². The van der Waals surface area contributed by atoms with Crippen LogP contribution < -0.4 is 10.1 Å². The van der Waals surface area contributed by atoms with E-state index >= 15 is 0 Å². The third-order valence-electron chi connectivity index (χ3n) is 3.88. The minimum atomic E-state index is -1.04. The molecule has 5 heteroatoms. The first-order valence-electron chi connectivity index (χ1n) is 7.76. The molecule has 0 spiro atoms. The first-order valence-corrected chi connectivity index (χ1v) is 7.76. The van der Waals surface area contributed by atoms with Gasteiger partial charge in [-0.15, -0.1) is 13.2 Å². The van der Waals surface area contributed by atoms with Gasteiger partial charge in [-0.1, -0.05) is 24.3 Å². The minimum Gasteiger partial charge on any atom is -0.497 e. The van der Waals surface area contributed by atoms with Crippen LogP contribution in [0.1, 0.15) is 31.7 Å². The number of carbonyl (C=O) groups is 2. The number of ether oxygens (including phenoxy) is 1. The molecule has 1 aromatic rings. The number of benzene rings is 1. The smallest absolute Gasteiger partial charge is 0.306 e. The minimum absolute atomic E-state index is 0.221. The summed E-state index contributed by atoms with van der Waals surface area (Å²) in [6.07, 6.45) is 4.11. The molecule has 0 heterocycles. The number of amides is 1. The molecular weight excluding hydrogens is 306 g/mol. The Bertz CT molecular complexity index is 601. The Balaban J connectivity index is 3.14. The molecule has 1 unspecified atom stereocenters. The Morgan fingerprint density at radius 3 is 2.46 bits per heavy atom. The first kappa shape index (κ1) is 19.5. The SMILES string of the molecule is C=CCC(CC=C)C(=O)NC(C)(CC(=O)O)c1cccc(OC)c1. The lowest BCUT2D eigenvalue weighted by molar-refractivity contribution is -0.139. The summed E-state index contributed by atoms with van der Waals surface area (Å²) in [6, 6.07) is 7.05. The van der Waals surface area contributed by atoms with Gasteiger partial charge in [-0.2, -0.15) is 0 Å². The summed E-state index contributed by atoms with van der Waals surface area (Å²) in [5.41, 5.74) is -0.369. The molecule has 0 fully saturated rings. The van der Waals surface area contributed by atoms with Gasteiger partial charge in [0, 0.05) is 5.92 Å². The average Bonchev–Trinajstić information content (AvgIpc) is 2.53. The normalized spacial score (nSPS) is 13.0. The van der Waals surface area contributed by atoms with Crippen molar-refractivity contribution in [3.8, 4) is 5.75 Å². The van der Waals surface area contributed by atoms with E-state index in [1.165, 1.54) is 7.11 Å². The molecule has 2 N–H and O–H groups in total. The van der Waals surface area contributed by atoms with Gasteiger partial charge in [-0.3, -0.25) is 9.59 Å². The summed E-state index contributed by atoms with van der Waals surface area (Å²) in [5.74, 6) is -0.934. The third-order valence-corrected chi connectivity index (χ3v) is 3.88. The van der Waals surface area contributed by atoms with Gasteiger partial charge in [-0.05, 0) is 37.5 Å². The highest BCUT2D eigenvalue weighted by atomic mass is 16.5. The Morgan fingerprint density at radius 1 is 1.33 bits per heavy atom. The van der Waals surface area contributed by atoms with Gasteiger partial charge in [0.05, 0.1) is 19.1 Å². The van der Waals surface area contributed by atoms with Gasteiger partial charge in [0.25, 0.3) is 0 Å². The van der Waals surface area contributed by atoms with Gasteiger partial charge >= 0.3 is 5.97 Å². The fourth-order valence-electron chi connectivity index (χ4n) is 2.57. The average molecular weight is 331 g/mol. The van der Waals surface area contributed by atoms with Gasteiger partial charge in [-0.25, -0.2) is 0 Å². The monoisotopic (exact) mass is 331 g/mol. The summed E-state index contributed by atoms with van der Waals surface area (Å²) >= 11 is 0. The number of allylic oxidation sites excluding steroid dienone is 2. The Morgan fingerprint density at radius 2 is 1.96 bits per heavy atom. The van der Waals surface area contributed by atoms with Crippen molar-refractivity contribution in [3.63, 3.8) is 0 Å². The molecule has 130 valence electrons. The van der Waals surface area contributed by atoms with Crippen LogP contribution in [-0.2, 0) is 15.1 Å². The highest BCUT2D eigenvalue weighted by molar-refractivity contribution is 5.81.